The molecule has 0 radical (unpaired) electrons. The standard InChI is InChI=1S/C25H48O2/c1-19(2)12-9-13-20(3)14-10-15-21(4)16-11-17-22(5)18-23(26)24(27)25(6,7)8/h18-21,23,26H,9-17H2,1-8H3. The molecule has 0 aliphatic carbocycles. The van der Waals surface area contributed by atoms with Gasteiger partial charge in [0.1, 0.15) is 6.10 Å². The number of ketones is 1. The molecule has 0 bridgehead atoms. The van der Waals surface area contributed by atoms with Crippen LogP contribution >= 0.6 is 0 Å². The van der Waals surface area contributed by atoms with Crippen molar-refractivity contribution in [2.24, 2.45) is 23.2 Å². The number of hydrogen-bond acceptors (Lipinski definition) is 2. The Morgan fingerprint density at radius 3 is 1.74 bits per heavy atom. The molecule has 0 aliphatic rings. The van der Waals surface area contributed by atoms with Gasteiger partial charge in [-0.15, -0.1) is 0 Å². The first-order valence-corrected chi connectivity index (χ1v) is 11.3. The molecule has 0 heterocycles. The molecule has 3 atom stereocenters. The highest BCUT2D eigenvalue weighted by atomic mass is 16.3. The highest BCUT2D eigenvalue weighted by Crippen LogP contribution is 2.23. The third-order valence-electron chi connectivity index (χ3n) is 5.59. The van der Waals surface area contributed by atoms with Crippen molar-refractivity contribution in [2.75, 3.05) is 0 Å². The third-order valence-corrected chi connectivity index (χ3v) is 5.59. The maximum atomic E-state index is 12.1. The second-order valence-corrected chi connectivity index (χ2v) is 10.4. The van der Waals surface area contributed by atoms with Gasteiger partial charge in [0, 0.05) is 5.41 Å². The first-order chi connectivity index (χ1) is 12.4. The zero-order chi connectivity index (χ0) is 21.0. The summed E-state index contributed by atoms with van der Waals surface area (Å²) in [7, 11) is 0. The topological polar surface area (TPSA) is 37.3 Å². The van der Waals surface area contributed by atoms with Crippen LogP contribution in [0.2, 0.25) is 0 Å². The van der Waals surface area contributed by atoms with Crippen LogP contribution in [0.4, 0.5) is 0 Å². The fraction of sp³-hybridized carbons (Fsp3) is 0.880. The van der Waals surface area contributed by atoms with Gasteiger partial charge in [0.2, 0.25) is 0 Å². The second-order valence-electron chi connectivity index (χ2n) is 10.4. The van der Waals surface area contributed by atoms with Gasteiger partial charge in [-0.2, -0.15) is 0 Å². The van der Waals surface area contributed by atoms with Crippen LogP contribution in [0.25, 0.3) is 0 Å². The molecule has 1 N–H and O–H groups in total. The van der Waals surface area contributed by atoms with Crippen LogP contribution < -0.4 is 0 Å². The van der Waals surface area contributed by atoms with Crippen LogP contribution in [0.3, 0.4) is 0 Å². The molecule has 27 heavy (non-hydrogen) atoms. The van der Waals surface area contributed by atoms with Gasteiger partial charge >= 0.3 is 0 Å². The Balaban J connectivity index is 3.94. The Bertz CT molecular complexity index is 428. The summed E-state index contributed by atoms with van der Waals surface area (Å²) in [6, 6.07) is 0. The Labute approximate surface area is 170 Å². The monoisotopic (exact) mass is 380 g/mol. The number of hydrogen-bond donors (Lipinski definition) is 1. The summed E-state index contributed by atoms with van der Waals surface area (Å²) in [6.07, 6.45) is 12.3. The minimum Gasteiger partial charge on any atom is -0.381 e. The van der Waals surface area contributed by atoms with Crippen molar-refractivity contribution < 1.29 is 9.90 Å². The molecule has 0 rings (SSSR count). The molecule has 0 aromatic carbocycles. The molecule has 2 heteroatoms. The molecule has 0 saturated carbocycles. The lowest BCUT2D eigenvalue weighted by Crippen LogP contribution is -2.31. The van der Waals surface area contributed by atoms with E-state index in [1.54, 1.807) is 6.08 Å². The smallest absolute Gasteiger partial charge is 0.170 e. The molecule has 0 aromatic heterocycles. The fourth-order valence-electron chi connectivity index (χ4n) is 3.58. The largest absolute Gasteiger partial charge is 0.381 e. The van der Waals surface area contributed by atoms with Crippen LogP contribution in [-0.4, -0.2) is 17.0 Å². The predicted octanol–water partition coefficient (Wildman–Crippen LogP) is 7.35. The van der Waals surface area contributed by atoms with Crippen LogP contribution in [0, 0.1) is 23.2 Å². The highest BCUT2D eigenvalue weighted by molar-refractivity contribution is 5.89. The normalized spacial score (nSPS) is 16.4. The molecular formula is C25H48O2. The Morgan fingerprint density at radius 2 is 1.30 bits per heavy atom. The lowest BCUT2D eigenvalue weighted by molar-refractivity contribution is -0.132. The molecule has 160 valence electrons. The molecule has 2 nitrogen and oxygen atoms in total. The summed E-state index contributed by atoms with van der Waals surface area (Å²) in [5, 5.41) is 10.1. The molecule has 0 spiro atoms. The minimum atomic E-state index is -0.959. The summed E-state index contributed by atoms with van der Waals surface area (Å²) >= 11 is 0. The molecule has 0 aliphatic heterocycles. The van der Waals surface area contributed by atoms with Crippen molar-refractivity contribution in [3.8, 4) is 0 Å². The van der Waals surface area contributed by atoms with E-state index in [0.717, 1.165) is 36.2 Å². The van der Waals surface area contributed by atoms with Gasteiger partial charge in [-0.05, 0) is 43.6 Å². The van der Waals surface area contributed by atoms with E-state index in [-0.39, 0.29) is 5.78 Å². The van der Waals surface area contributed by atoms with E-state index in [4.69, 9.17) is 0 Å². The summed E-state index contributed by atoms with van der Waals surface area (Å²) < 4.78 is 0. The number of Topliss-reactive ketones (excluding diaryl/α,β-unsaturated/α-hetero) is 1. The van der Waals surface area contributed by atoms with Gasteiger partial charge in [0.15, 0.2) is 5.78 Å². The van der Waals surface area contributed by atoms with Crippen LogP contribution in [0.1, 0.15) is 113 Å². The Kier molecular flexibility index (Phi) is 13.2. The first kappa shape index (κ1) is 26.4. The molecule has 0 aromatic rings. The van der Waals surface area contributed by atoms with Crippen molar-refractivity contribution >= 4 is 5.78 Å². The highest BCUT2D eigenvalue weighted by Gasteiger charge is 2.26. The van der Waals surface area contributed by atoms with E-state index < -0.39 is 11.5 Å². The van der Waals surface area contributed by atoms with E-state index in [1.165, 1.54) is 44.9 Å². The van der Waals surface area contributed by atoms with E-state index in [2.05, 4.69) is 27.7 Å². The summed E-state index contributed by atoms with van der Waals surface area (Å²) in [5.74, 6) is 2.37. The number of rotatable bonds is 14. The number of carbonyl (C=O) groups excluding carboxylic acids is 1. The van der Waals surface area contributed by atoms with E-state index >= 15 is 0 Å². The van der Waals surface area contributed by atoms with Gasteiger partial charge in [0.05, 0.1) is 0 Å². The molecule has 0 amide bonds. The van der Waals surface area contributed by atoms with Gasteiger partial charge in [-0.1, -0.05) is 99.0 Å². The summed E-state index contributed by atoms with van der Waals surface area (Å²) in [4.78, 5) is 12.1. The first-order valence-electron chi connectivity index (χ1n) is 11.3. The Morgan fingerprint density at radius 1 is 0.852 bits per heavy atom. The average molecular weight is 381 g/mol. The lowest BCUT2D eigenvalue weighted by Gasteiger charge is -2.19. The van der Waals surface area contributed by atoms with Gasteiger partial charge in [0.25, 0.3) is 0 Å². The fourth-order valence-corrected chi connectivity index (χ4v) is 3.58. The van der Waals surface area contributed by atoms with Crippen molar-refractivity contribution in [1.82, 2.24) is 0 Å². The molecule has 0 saturated heterocycles. The lowest BCUT2D eigenvalue weighted by atomic mass is 9.87. The zero-order valence-electron chi connectivity index (χ0n) is 19.6. The van der Waals surface area contributed by atoms with Gasteiger partial charge < -0.3 is 5.11 Å². The summed E-state index contributed by atoms with van der Waals surface area (Å²) in [6.45, 7) is 17.0. The number of aliphatic hydroxyl groups excluding tert-OH is 1. The molecular weight excluding hydrogens is 332 g/mol. The van der Waals surface area contributed by atoms with Crippen LogP contribution in [-0.2, 0) is 4.79 Å². The van der Waals surface area contributed by atoms with Crippen molar-refractivity contribution in [3.05, 3.63) is 11.6 Å². The number of allylic oxidation sites excluding steroid dienone is 1. The molecule has 3 unspecified atom stereocenters. The quantitative estimate of drug-likeness (QED) is 0.320. The number of aliphatic hydroxyl groups is 1. The van der Waals surface area contributed by atoms with Gasteiger partial charge in [-0.25, -0.2) is 0 Å². The predicted molar refractivity (Wildman–Crippen MR) is 119 cm³/mol. The van der Waals surface area contributed by atoms with Gasteiger partial charge in [-0.3, -0.25) is 4.79 Å². The average Bonchev–Trinajstić information content (AvgIpc) is 2.52. The summed E-state index contributed by atoms with van der Waals surface area (Å²) in [5.41, 5.74) is 0.641. The SMILES string of the molecule is CC(=CC(O)C(=O)C(C)(C)C)CCCC(C)CCCC(C)CCCC(C)C. The van der Waals surface area contributed by atoms with Crippen LogP contribution in [0.5, 0.6) is 0 Å². The van der Waals surface area contributed by atoms with Crippen molar-refractivity contribution in [3.63, 3.8) is 0 Å². The maximum Gasteiger partial charge on any atom is 0.170 e. The Hall–Kier alpha value is -0.630. The van der Waals surface area contributed by atoms with E-state index in [9.17, 15) is 9.90 Å². The third kappa shape index (κ3) is 14.1. The van der Waals surface area contributed by atoms with Crippen LogP contribution in [0.15, 0.2) is 11.6 Å². The van der Waals surface area contributed by atoms with Crippen molar-refractivity contribution in [1.29, 1.82) is 0 Å². The van der Waals surface area contributed by atoms with E-state index in [0.29, 0.717) is 0 Å². The maximum absolute atomic E-state index is 12.1. The number of carbonyl (C=O) groups is 1. The minimum absolute atomic E-state index is 0.0993. The van der Waals surface area contributed by atoms with E-state index in [1.807, 2.05) is 27.7 Å². The van der Waals surface area contributed by atoms with Crippen molar-refractivity contribution in [2.45, 2.75) is 119 Å². The second kappa shape index (κ2) is 13.5. The zero-order valence-corrected chi connectivity index (χ0v) is 19.6. The molecule has 0 fully saturated rings.